The first-order valence-corrected chi connectivity index (χ1v) is 6.62. The zero-order chi connectivity index (χ0) is 15.6. The molecule has 1 aliphatic carbocycles. The summed E-state index contributed by atoms with van der Waals surface area (Å²) in [7, 11) is 0. The summed E-state index contributed by atoms with van der Waals surface area (Å²) in [6.07, 6.45) is -4.77. The van der Waals surface area contributed by atoms with E-state index in [2.05, 4.69) is 30.7 Å². The van der Waals surface area contributed by atoms with Crippen molar-refractivity contribution in [2.75, 3.05) is 5.32 Å². The van der Waals surface area contributed by atoms with Crippen molar-refractivity contribution >= 4 is 33.7 Å². The summed E-state index contributed by atoms with van der Waals surface area (Å²) >= 11 is 3.05. The maximum Gasteiger partial charge on any atom is 0.573 e. The third kappa shape index (κ3) is 4.92. The molecule has 5 nitrogen and oxygen atoms in total. The standard InChI is InChI=1S/C12H9BrF3NO4/c13-7-3-4-9(21-12(14,15)16)8(5-7)17-11(19)20-10(18)6-1-2-6/h3-6H,1-2H2,(H,17,19). The van der Waals surface area contributed by atoms with E-state index in [4.69, 9.17) is 0 Å². The molecule has 1 aromatic rings. The zero-order valence-corrected chi connectivity index (χ0v) is 12.0. The Hall–Kier alpha value is -1.77. The molecule has 1 N–H and O–H groups in total. The normalized spacial score (nSPS) is 14.5. The molecule has 0 saturated heterocycles. The fraction of sp³-hybridized carbons (Fsp3) is 0.333. The number of esters is 1. The molecule has 21 heavy (non-hydrogen) atoms. The van der Waals surface area contributed by atoms with Crippen LogP contribution in [0.1, 0.15) is 12.8 Å². The number of benzene rings is 1. The molecule has 0 bridgehead atoms. The van der Waals surface area contributed by atoms with Crippen molar-refractivity contribution in [3.63, 3.8) is 0 Å². The summed E-state index contributed by atoms with van der Waals surface area (Å²) < 4.78 is 45.4. The largest absolute Gasteiger partial charge is 0.573 e. The van der Waals surface area contributed by atoms with Crippen LogP contribution in [0.25, 0.3) is 0 Å². The maximum atomic E-state index is 12.3. The number of halogens is 4. The van der Waals surface area contributed by atoms with E-state index in [0.717, 1.165) is 6.07 Å². The summed E-state index contributed by atoms with van der Waals surface area (Å²) in [5.74, 6) is -1.61. The molecule has 0 aliphatic heterocycles. The van der Waals surface area contributed by atoms with Crippen LogP contribution in [-0.4, -0.2) is 18.4 Å². The van der Waals surface area contributed by atoms with Gasteiger partial charge in [0.25, 0.3) is 0 Å². The number of alkyl halides is 3. The van der Waals surface area contributed by atoms with E-state index < -0.39 is 24.2 Å². The number of carbonyl (C=O) groups excluding carboxylic acids is 2. The molecule has 0 aromatic heterocycles. The number of anilines is 1. The lowest BCUT2D eigenvalue weighted by Crippen LogP contribution is -2.22. The second kappa shape index (κ2) is 5.92. The molecule has 0 spiro atoms. The van der Waals surface area contributed by atoms with E-state index in [0.29, 0.717) is 17.3 Å². The Kier molecular flexibility index (Phi) is 4.40. The Balaban J connectivity index is 2.08. The quantitative estimate of drug-likeness (QED) is 0.651. The Morgan fingerprint density at radius 3 is 2.52 bits per heavy atom. The lowest BCUT2D eigenvalue weighted by molar-refractivity contribution is -0.274. The fourth-order valence-electron chi connectivity index (χ4n) is 1.44. The smallest absolute Gasteiger partial charge is 0.404 e. The second-order valence-corrected chi connectivity index (χ2v) is 5.21. The van der Waals surface area contributed by atoms with Gasteiger partial charge in [-0.1, -0.05) is 15.9 Å². The number of rotatable bonds is 3. The minimum atomic E-state index is -4.90. The van der Waals surface area contributed by atoms with Crippen LogP contribution in [0.5, 0.6) is 5.75 Å². The van der Waals surface area contributed by atoms with E-state index in [-0.39, 0.29) is 11.6 Å². The van der Waals surface area contributed by atoms with Gasteiger partial charge in [0.2, 0.25) is 0 Å². The van der Waals surface area contributed by atoms with Crippen LogP contribution in [0.4, 0.5) is 23.7 Å². The third-order valence-electron chi connectivity index (χ3n) is 2.51. The average Bonchev–Trinajstić information content (AvgIpc) is 3.15. The summed E-state index contributed by atoms with van der Waals surface area (Å²) in [5, 5.41) is 2.05. The predicted molar refractivity (Wildman–Crippen MR) is 68.7 cm³/mol. The van der Waals surface area contributed by atoms with E-state index in [1.54, 1.807) is 0 Å². The number of nitrogens with one attached hydrogen (secondary N) is 1. The van der Waals surface area contributed by atoms with Crippen molar-refractivity contribution in [2.24, 2.45) is 5.92 Å². The van der Waals surface area contributed by atoms with Gasteiger partial charge < -0.3 is 9.47 Å². The highest BCUT2D eigenvalue weighted by molar-refractivity contribution is 9.10. The minimum Gasteiger partial charge on any atom is -0.404 e. The van der Waals surface area contributed by atoms with Crippen LogP contribution in [0, 0.1) is 5.92 Å². The SMILES string of the molecule is O=C(Nc1cc(Br)ccc1OC(F)(F)F)OC(=O)C1CC1. The molecule has 114 valence electrons. The molecule has 1 aliphatic rings. The van der Waals surface area contributed by atoms with Gasteiger partial charge in [0, 0.05) is 4.47 Å². The molecule has 1 saturated carbocycles. The molecule has 0 radical (unpaired) electrons. The molecule has 1 amide bonds. The summed E-state index contributed by atoms with van der Waals surface area (Å²) in [6, 6.07) is 3.53. The molecule has 1 fully saturated rings. The van der Waals surface area contributed by atoms with E-state index in [1.165, 1.54) is 12.1 Å². The van der Waals surface area contributed by atoms with Crippen molar-refractivity contribution < 1.29 is 32.2 Å². The molecule has 0 atom stereocenters. The number of carbonyl (C=O) groups is 2. The van der Waals surface area contributed by atoms with Crippen LogP contribution in [0.2, 0.25) is 0 Å². The van der Waals surface area contributed by atoms with Gasteiger partial charge in [-0.3, -0.25) is 10.1 Å². The topological polar surface area (TPSA) is 64.6 Å². The fourth-order valence-corrected chi connectivity index (χ4v) is 1.80. The highest BCUT2D eigenvalue weighted by atomic mass is 79.9. The Morgan fingerprint density at radius 2 is 1.95 bits per heavy atom. The van der Waals surface area contributed by atoms with Crippen molar-refractivity contribution in [1.82, 2.24) is 0 Å². The number of hydrogen-bond donors (Lipinski definition) is 1. The Labute approximate surface area is 125 Å². The Bertz CT molecular complexity index is 572. The number of hydrogen-bond acceptors (Lipinski definition) is 4. The van der Waals surface area contributed by atoms with Crippen LogP contribution >= 0.6 is 15.9 Å². The van der Waals surface area contributed by atoms with Gasteiger partial charge in [0.1, 0.15) is 0 Å². The van der Waals surface area contributed by atoms with Gasteiger partial charge in [-0.05, 0) is 31.0 Å². The number of amides is 1. The highest BCUT2D eigenvalue weighted by Crippen LogP contribution is 2.33. The summed E-state index contributed by atoms with van der Waals surface area (Å²) in [4.78, 5) is 22.8. The van der Waals surface area contributed by atoms with Gasteiger partial charge in [0.05, 0.1) is 11.6 Å². The molecule has 2 rings (SSSR count). The molecular formula is C12H9BrF3NO4. The first-order chi connectivity index (χ1) is 9.74. The zero-order valence-electron chi connectivity index (χ0n) is 10.4. The lowest BCUT2D eigenvalue weighted by Gasteiger charge is -2.14. The summed E-state index contributed by atoms with van der Waals surface area (Å²) in [5.41, 5.74) is -0.268. The van der Waals surface area contributed by atoms with Gasteiger partial charge >= 0.3 is 18.4 Å². The van der Waals surface area contributed by atoms with Crippen molar-refractivity contribution in [3.8, 4) is 5.75 Å². The van der Waals surface area contributed by atoms with E-state index >= 15 is 0 Å². The van der Waals surface area contributed by atoms with Crippen molar-refractivity contribution in [3.05, 3.63) is 22.7 Å². The Morgan fingerprint density at radius 1 is 1.29 bits per heavy atom. The highest BCUT2D eigenvalue weighted by Gasteiger charge is 2.34. The van der Waals surface area contributed by atoms with Crippen LogP contribution < -0.4 is 10.1 Å². The molecule has 1 aromatic carbocycles. The molecule has 9 heteroatoms. The van der Waals surface area contributed by atoms with Gasteiger partial charge in [-0.25, -0.2) is 4.79 Å². The van der Waals surface area contributed by atoms with Gasteiger partial charge in [-0.2, -0.15) is 0 Å². The molecule has 0 unspecified atom stereocenters. The first-order valence-electron chi connectivity index (χ1n) is 5.82. The van der Waals surface area contributed by atoms with Crippen molar-refractivity contribution in [2.45, 2.75) is 19.2 Å². The second-order valence-electron chi connectivity index (χ2n) is 4.30. The monoisotopic (exact) mass is 367 g/mol. The maximum absolute atomic E-state index is 12.3. The molecular weight excluding hydrogens is 359 g/mol. The van der Waals surface area contributed by atoms with E-state index in [9.17, 15) is 22.8 Å². The number of ether oxygens (including phenoxy) is 2. The molecule has 0 heterocycles. The van der Waals surface area contributed by atoms with Crippen LogP contribution in [0.3, 0.4) is 0 Å². The average molecular weight is 368 g/mol. The van der Waals surface area contributed by atoms with Crippen LogP contribution in [-0.2, 0) is 9.53 Å². The van der Waals surface area contributed by atoms with Crippen LogP contribution in [0.15, 0.2) is 22.7 Å². The minimum absolute atomic E-state index is 0.268. The van der Waals surface area contributed by atoms with Crippen molar-refractivity contribution in [1.29, 1.82) is 0 Å². The predicted octanol–water partition coefficient (Wildman–Crippen LogP) is 3.83. The first kappa shape index (κ1) is 15.6. The van der Waals surface area contributed by atoms with Gasteiger partial charge in [-0.15, -0.1) is 13.2 Å². The summed E-state index contributed by atoms with van der Waals surface area (Å²) in [6.45, 7) is 0. The van der Waals surface area contributed by atoms with E-state index in [1.807, 2.05) is 0 Å². The lowest BCUT2D eigenvalue weighted by atomic mass is 10.3. The third-order valence-corrected chi connectivity index (χ3v) is 3.00. The van der Waals surface area contributed by atoms with Gasteiger partial charge in [0.15, 0.2) is 5.75 Å².